The number of nitrogens with two attached hydrogens (primary N) is 1. The quantitative estimate of drug-likeness (QED) is 0.327. The molecular weight excluding hydrogens is 534 g/mol. The molecule has 0 unspecified atom stereocenters. The first-order valence-corrected chi connectivity index (χ1v) is 12.9. The Hall–Kier alpha value is -3.37. The predicted octanol–water partition coefficient (Wildman–Crippen LogP) is 6.67. The molecule has 2 N–H and O–H groups in total. The summed E-state index contributed by atoms with van der Waals surface area (Å²) >= 11 is 0. The molecule has 0 radical (unpaired) electrons. The van der Waals surface area contributed by atoms with Gasteiger partial charge in [-0.15, -0.1) is 0 Å². The number of primary amides is 1. The molecule has 4 atom stereocenters. The largest absolute Gasteiger partial charge is 0.416 e. The van der Waals surface area contributed by atoms with E-state index >= 15 is 0 Å². The highest BCUT2D eigenvalue weighted by Crippen LogP contribution is 2.55. The Labute approximate surface area is 227 Å². The van der Waals surface area contributed by atoms with E-state index in [4.69, 9.17) is 10.5 Å². The highest BCUT2D eigenvalue weighted by molar-refractivity contribution is 5.78. The van der Waals surface area contributed by atoms with Crippen LogP contribution in [0.25, 0.3) is 0 Å². The van der Waals surface area contributed by atoms with Crippen molar-refractivity contribution >= 4 is 5.91 Å². The van der Waals surface area contributed by atoms with Gasteiger partial charge >= 0.3 is 12.4 Å². The maximum absolute atomic E-state index is 13.5. The average Bonchev–Trinajstić information content (AvgIpc) is 3.12. The Morgan fingerprint density at radius 3 is 1.98 bits per heavy atom. The average molecular weight is 563 g/mol. The smallest absolute Gasteiger partial charge is 0.371 e. The Kier molecular flexibility index (Phi) is 7.43. The molecule has 0 aliphatic carbocycles. The van der Waals surface area contributed by atoms with Crippen LogP contribution < -0.4 is 5.73 Å². The van der Waals surface area contributed by atoms with Gasteiger partial charge in [0.15, 0.2) is 0 Å². The molecule has 1 amide bonds. The SMILES string of the molecule is NC(=O)[C@H]1C[C@@]2(c3ccccc3)[C@H](OCc3cc(C(F)(F)F)cc(C(F)(F)F)c3)CC[C@@H]1N2Cc1ccccc1. The zero-order valence-corrected chi connectivity index (χ0v) is 21.4. The maximum Gasteiger partial charge on any atom is 0.416 e. The fraction of sp³-hybridized carbons (Fsp3) is 0.367. The van der Waals surface area contributed by atoms with Crippen molar-refractivity contribution in [3.8, 4) is 0 Å². The number of amides is 1. The molecule has 5 rings (SSSR count). The number of piperidine rings is 1. The molecule has 40 heavy (non-hydrogen) atoms. The summed E-state index contributed by atoms with van der Waals surface area (Å²) in [5, 5.41) is 0. The molecule has 2 aliphatic rings. The van der Waals surface area contributed by atoms with Crippen LogP contribution >= 0.6 is 0 Å². The van der Waals surface area contributed by atoms with Crippen LogP contribution in [0.4, 0.5) is 26.3 Å². The fourth-order valence-electron chi connectivity index (χ4n) is 6.38. The van der Waals surface area contributed by atoms with Gasteiger partial charge in [-0.3, -0.25) is 9.69 Å². The van der Waals surface area contributed by atoms with Crippen molar-refractivity contribution in [3.63, 3.8) is 0 Å². The van der Waals surface area contributed by atoms with E-state index in [0.29, 0.717) is 37.9 Å². The van der Waals surface area contributed by atoms with Crippen molar-refractivity contribution in [1.29, 1.82) is 0 Å². The number of benzene rings is 3. The highest BCUT2D eigenvalue weighted by Gasteiger charge is 2.61. The standard InChI is InChI=1S/C30H28F6N2O2/c31-29(32,33)22-13-20(14-23(15-22)30(34,35)36)18-40-26-12-11-25-24(27(37)39)16-28(26,21-9-5-2-6-10-21)38(25)17-19-7-3-1-4-8-19/h1-10,13-15,24-26H,11-12,16-18H2,(H2,37,39)/t24-,25-,26+,28+/m0/s1. The molecule has 2 fully saturated rings. The maximum atomic E-state index is 13.5. The summed E-state index contributed by atoms with van der Waals surface area (Å²) < 4.78 is 87.0. The number of halogens is 6. The normalized spacial score (nSPS) is 25.2. The zero-order chi connectivity index (χ0) is 28.7. The van der Waals surface area contributed by atoms with Crippen LogP contribution in [-0.4, -0.2) is 23.0 Å². The molecule has 2 heterocycles. The summed E-state index contributed by atoms with van der Waals surface area (Å²) in [6.07, 6.45) is -9.21. The van der Waals surface area contributed by atoms with Crippen LogP contribution in [0.3, 0.4) is 0 Å². The van der Waals surface area contributed by atoms with E-state index in [2.05, 4.69) is 4.90 Å². The minimum atomic E-state index is -4.95. The number of ether oxygens (including phenoxy) is 1. The van der Waals surface area contributed by atoms with Gasteiger partial charge in [-0.25, -0.2) is 0 Å². The third kappa shape index (κ3) is 5.34. The molecule has 3 aromatic rings. The van der Waals surface area contributed by atoms with Crippen LogP contribution in [0, 0.1) is 5.92 Å². The third-order valence-electron chi connectivity index (χ3n) is 8.10. The molecule has 10 heteroatoms. The van der Waals surface area contributed by atoms with Crippen LogP contribution in [0.15, 0.2) is 78.9 Å². The molecule has 2 bridgehead atoms. The Morgan fingerprint density at radius 2 is 1.43 bits per heavy atom. The van der Waals surface area contributed by atoms with Gasteiger partial charge in [0.2, 0.25) is 5.91 Å². The summed E-state index contributed by atoms with van der Waals surface area (Å²) in [6, 6.07) is 20.3. The van der Waals surface area contributed by atoms with E-state index in [-0.39, 0.29) is 17.7 Å². The fourth-order valence-corrected chi connectivity index (χ4v) is 6.38. The molecule has 2 saturated heterocycles. The van der Waals surface area contributed by atoms with Crippen LogP contribution in [0.2, 0.25) is 0 Å². The van der Waals surface area contributed by atoms with Crippen molar-refractivity contribution in [1.82, 2.24) is 4.90 Å². The van der Waals surface area contributed by atoms with E-state index in [1.165, 1.54) is 0 Å². The predicted molar refractivity (Wildman–Crippen MR) is 135 cm³/mol. The number of fused-ring (bicyclic) bond motifs is 2. The zero-order valence-electron chi connectivity index (χ0n) is 21.4. The minimum Gasteiger partial charge on any atom is -0.371 e. The molecule has 4 nitrogen and oxygen atoms in total. The molecular formula is C30H28F6N2O2. The molecule has 3 aromatic carbocycles. The second-order valence-electron chi connectivity index (χ2n) is 10.5. The van der Waals surface area contributed by atoms with Gasteiger partial charge in [0.25, 0.3) is 0 Å². The van der Waals surface area contributed by atoms with Gasteiger partial charge in [0.05, 0.1) is 35.3 Å². The Balaban J connectivity index is 1.54. The van der Waals surface area contributed by atoms with E-state index in [0.717, 1.165) is 11.1 Å². The van der Waals surface area contributed by atoms with Gasteiger partial charge < -0.3 is 10.5 Å². The Morgan fingerprint density at radius 1 is 0.850 bits per heavy atom. The first-order chi connectivity index (χ1) is 18.9. The summed E-state index contributed by atoms with van der Waals surface area (Å²) in [5.41, 5.74) is 3.83. The van der Waals surface area contributed by atoms with Crippen LogP contribution in [-0.2, 0) is 40.6 Å². The molecule has 0 saturated carbocycles. The van der Waals surface area contributed by atoms with Gasteiger partial charge in [0.1, 0.15) is 0 Å². The summed E-state index contributed by atoms with van der Waals surface area (Å²) in [7, 11) is 0. The van der Waals surface area contributed by atoms with Gasteiger partial charge in [-0.2, -0.15) is 26.3 Å². The van der Waals surface area contributed by atoms with Crippen molar-refractivity contribution in [2.75, 3.05) is 0 Å². The first kappa shape index (κ1) is 28.2. The van der Waals surface area contributed by atoms with Crippen molar-refractivity contribution in [3.05, 3.63) is 107 Å². The number of carbonyl (C=O) groups excluding carboxylic acids is 1. The van der Waals surface area contributed by atoms with Crippen LogP contribution in [0.1, 0.15) is 47.1 Å². The van der Waals surface area contributed by atoms with Crippen molar-refractivity contribution < 1.29 is 35.9 Å². The number of nitrogens with zero attached hydrogens (tertiary/aromatic N) is 1. The molecule has 0 spiro atoms. The number of hydrogen-bond acceptors (Lipinski definition) is 3. The number of carbonyl (C=O) groups is 1. The minimum absolute atomic E-state index is 0.107. The second-order valence-corrected chi connectivity index (χ2v) is 10.5. The van der Waals surface area contributed by atoms with Gasteiger partial charge in [-0.05, 0) is 54.2 Å². The van der Waals surface area contributed by atoms with Crippen molar-refractivity contribution in [2.24, 2.45) is 11.7 Å². The van der Waals surface area contributed by atoms with Gasteiger partial charge in [-0.1, -0.05) is 60.7 Å². The summed E-state index contributed by atoms with van der Waals surface area (Å²) in [4.78, 5) is 14.8. The summed E-state index contributed by atoms with van der Waals surface area (Å²) in [6.45, 7) is 0.00313. The Bertz CT molecular complexity index is 1310. The highest BCUT2D eigenvalue weighted by atomic mass is 19.4. The second kappa shape index (κ2) is 10.6. The first-order valence-electron chi connectivity index (χ1n) is 12.9. The van der Waals surface area contributed by atoms with Crippen LogP contribution in [0.5, 0.6) is 0 Å². The van der Waals surface area contributed by atoms with E-state index in [9.17, 15) is 31.1 Å². The molecule has 2 aliphatic heterocycles. The molecule has 212 valence electrons. The van der Waals surface area contributed by atoms with E-state index < -0.39 is 53.6 Å². The number of alkyl halides is 6. The lowest BCUT2D eigenvalue weighted by Gasteiger charge is -2.50. The lowest BCUT2D eigenvalue weighted by Crippen LogP contribution is -2.56. The lowest BCUT2D eigenvalue weighted by atomic mass is 9.78. The topological polar surface area (TPSA) is 55.6 Å². The van der Waals surface area contributed by atoms with E-state index in [1.54, 1.807) is 0 Å². The summed E-state index contributed by atoms with van der Waals surface area (Å²) in [5.74, 6) is -0.947. The lowest BCUT2D eigenvalue weighted by molar-refractivity contribution is -0.143. The molecule has 0 aromatic heterocycles. The van der Waals surface area contributed by atoms with Gasteiger partial charge in [0, 0.05) is 12.6 Å². The number of rotatable bonds is 7. The number of hydrogen-bond donors (Lipinski definition) is 1. The van der Waals surface area contributed by atoms with Crippen molar-refractivity contribution in [2.45, 2.75) is 62.5 Å². The monoisotopic (exact) mass is 562 g/mol. The third-order valence-corrected chi connectivity index (χ3v) is 8.10. The van der Waals surface area contributed by atoms with E-state index in [1.807, 2.05) is 60.7 Å².